The number of non-ortho nitro benzene ring substituents is 1. The van der Waals surface area contributed by atoms with E-state index in [1.807, 2.05) is 0 Å². The number of benzene rings is 1. The predicted molar refractivity (Wildman–Crippen MR) is 89.2 cm³/mol. The number of carbonyl (C=O) groups is 2. The van der Waals surface area contributed by atoms with Gasteiger partial charge < -0.3 is 14.5 Å². The predicted octanol–water partition coefficient (Wildman–Crippen LogP) is 1.45. The molecule has 8 nitrogen and oxygen atoms in total. The number of ether oxygens (including phenoxy) is 1. The molecule has 3 rings (SSSR count). The van der Waals surface area contributed by atoms with Crippen molar-refractivity contribution in [2.45, 2.75) is 25.4 Å². The highest BCUT2D eigenvalue weighted by atomic mass is 16.6. The number of piperidine rings is 1. The molecule has 0 N–H and O–H groups in total. The lowest BCUT2D eigenvalue weighted by molar-refractivity contribution is -0.384. The summed E-state index contributed by atoms with van der Waals surface area (Å²) < 4.78 is 5.97. The van der Waals surface area contributed by atoms with Gasteiger partial charge in [0, 0.05) is 37.7 Å². The van der Waals surface area contributed by atoms with Gasteiger partial charge in [-0.25, -0.2) is 0 Å². The third-order valence-corrected chi connectivity index (χ3v) is 4.82. The van der Waals surface area contributed by atoms with E-state index in [0.29, 0.717) is 38.3 Å². The van der Waals surface area contributed by atoms with Crippen LogP contribution in [-0.4, -0.2) is 64.9 Å². The van der Waals surface area contributed by atoms with Crippen molar-refractivity contribution in [3.05, 3.63) is 39.9 Å². The Hall–Kier alpha value is -2.48. The van der Waals surface area contributed by atoms with Crippen LogP contribution in [0.1, 0.15) is 30.1 Å². The van der Waals surface area contributed by atoms with Crippen LogP contribution in [0, 0.1) is 10.1 Å². The summed E-state index contributed by atoms with van der Waals surface area (Å²) in [5.41, 5.74) is -0.349. The van der Waals surface area contributed by atoms with Crippen LogP contribution in [-0.2, 0) is 9.53 Å². The van der Waals surface area contributed by atoms with Gasteiger partial charge in [-0.1, -0.05) is 6.07 Å². The highest BCUT2D eigenvalue weighted by Gasteiger charge is 2.42. The summed E-state index contributed by atoms with van der Waals surface area (Å²) in [6.07, 6.45) is 1.56. The van der Waals surface area contributed by atoms with Crippen molar-refractivity contribution in [1.29, 1.82) is 0 Å². The minimum atomic E-state index is -0.543. The molecule has 1 spiro atoms. The number of likely N-dealkylation sites (tertiary alicyclic amines) is 1. The number of hydrogen-bond acceptors (Lipinski definition) is 5. The Morgan fingerprint density at radius 2 is 2.00 bits per heavy atom. The third-order valence-electron chi connectivity index (χ3n) is 4.82. The molecule has 2 fully saturated rings. The first kappa shape index (κ1) is 17.3. The standard InChI is InChI=1S/C17H21N3O5/c1-13(21)18-8-9-25-17(11-18)6-3-7-19(12-17)16(22)14-4-2-5-15(10-14)20(23)24/h2,4-5,10H,3,6-9,11-12H2,1H3. The molecule has 0 saturated carbocycles. The molecule has 0 bridgehead atoms. The SMILES string of the molecule is CC(=O)N1CCOC2(CCCN(C(=O)c3cccc([N+](=O)[O-])c3)C2)C1. The highest BCUT2D eigenvalue weighted by Crippen LogP contribution is 2.30. The van der Waals surface area contributed by atoms with Crippen molar-refractivity contribution in [2.75, 3.05) is 32.8 Å². The van der Waals surface area contributed by atoms with Crippen LogP contribution in [0.2, 0.25) is 0 Å². The number of nitro benzene ring substituents is 1. The largest absolute Gasteiger partial charge is 0.369 e. The first-order valence-corrected chi connectivity index (χ1v) is 8.33. The summed E-state index contributed by atoms with van der Waals surface area (Å²) >= 11 is 0. The van der Waals surface area contributed by atoms with E-state index in [0.717, 1.165) is 12.8 Å². The average molecular weight is 347 g/mol. The van der Waals surface area contributed by atoms with Gasteiger partial charge >= 0.3 is 0 Å². The molecule has 8 heteroatoms. The maximum atomic E-state index is 12.8. The van der Waals surface area contributed by atoms with Crippen LogP contribution in [0.3, 0.4) is 0 Å². The summed E-state index contributed by atoms with van der Waals surface area (Å²) in [5, 5.41) is 10.9. The Labute approximate surface area is 145 Å². The van der Waals surface area contributed by atoms with Gasteiger partial charge in [-0.05, 0) is 18.9 Å². The Bertz CT molecular complexity index is 703. The Balaban J connectivity index is 1.77. The van der Waals surface area contributed by atoms with Crippen LogP contribution in [0.4, 0.5) is 5.69 Å². The van der Waals surface area contributed by atoms with Crippen LogP contribution in [0.15, 0.2) is 24.3 Å². The van der Waals surface area contributed by atoms with E-state index in [-0.39, 0.29) is 17.5 Å². The molecular formula is C17H21N3O5. The molecule has 2 aliphatic rings. The fourth-order valence-electron chi connectivity index (χ4n) is 3.57. The van der Waals surface area contributed by atoms with E-state index in [9.17, 15) is 19.7 Å². The highest BCUT2D eigenvalue weighted by molar-refractivity contribution is 5.95. The second-order valence-corrected chi connectivity index (χ2v) is 6.61. The van der Waals surface area contributed by atoms with Crippen LogP contribution < -0.4 is 0 Å². The second-order valence-electron chi connectivity index (χ2n) is 6.61. The maximum Gasteiger partial charge on any atom is 0.270 e. The lowest BCUT2D eigenvalue weighted by atomic mass is 9.90. The number of morpholine rings is 1. The first-order valence-electron chi connectivity index (χ1n) is 8.33. The van der Waals surface area contributed by atoms with Crippen LogP contribution >= 0.6 is 0 Å². The first-order chi connectivity index (χ1) is 11.9. The van der Waals surface area contributed by atoms with Crippen molar-refractivity contribution in [2.24, 2.45) is 0 Å². The molecular weight excluding hydrogens is 326 g/mol. The average Bonchev–Trinajstić information content (AvgIpc) is 2.61. The normalized spacial score (nSPS) is 23.6. The summed E-state index contributed by atoms with van der Waals surface area (Å²) in [4.78, 5) is 38.3. The van der Waals surface area contributed by atoms with Gasteiger partial charge in [0.25, 0.3) is 11.6 Å². The molecule has 1 aromatic carbocycles. The zero-order chi connectivity index (χ0) is 18.0. The fourth-order valence-corrected chi connectivity index (χ4v) is 3.57. The molecule has 134 valence electrons. The molecule has 2 amide bonds. The summed E-state index contributed by atoms with van der Waals surface area (Å²) in [6, 6.07) is 5.76. The summed E-state index contributed by atoms with van der Waals surface area (Å²) in [6.45, 7) is 3.99. The van der Waals surface area contributed by atoms with Crippen molar-refractivity contribution < 1.29 is 19.2 Å². The molecule has 1 aromatic rings. The zero-order valence-corrected chi connectivity index (χ0v) is 14.1. The van der Waals surface area contributed by atoms with Gasteiger partial charge in [0.05, 0.1) is 24.6 Å². The Morgan fingerprint density at radius 3 is 2.72 bits per heavy atom. The van der Waals surface area contributed by atoms with Crippen molar-refractivity contribution in [1.82, 2.24) is 9.80 Å². The Morgan fingerprint density at radius 1 is 1.24 bits per heavy atom. The molecule has 25 heavy (non-hydrogen) atoms. The van der Waals surface area contributed by atoms with Gasteiger partial charge in [-0.3, -0.25) is 19.7 Å². The maximum absolute atomic E-state index is 12.8. The van der Waals surface area contributed by atoms with Crippen LogP contribution in [0.5, 0.6) is 0 Å². The second kappa shape index (κ2) is 6.79. The zero-order valence-electron chi connectivity index (χ0n) is 14.1. The van der Waals surface area contributed by atoms with Gasteiger partial charge in [0.2, 0.25) is 5.91 Å². The van der Waals surface area contributed by atoms with Gasteiger partial charge in [0.15, 0.2) is 0 Å². The number of hydrogen-bond donors (Lipinski definition) is 0. The van der Waals surface area contributed by atoms with E-state index in [1.54, 1.807) is 15.9 Å². The van der Waals surface area contributed by atoms with E-state index in [2.05, 4.69) is 0 Å². The molecule has 2 aliphatic heterocycles. The molecule has 1 atom stereocenters. The number of rotatable bonds is 2. The van der Waals surface area contributed by atoms with E-state index < -0.39 is 10.5 Å². The minimum Gasteiger partial charge on any atom is -0.369 e. The fraction of sp³-hybridized carbons (Fsp3) is 0.529. The quantitative estimate of drug-likeness (QED) is 0.596. The topological polar surface area (TPSA) is 93.0 Å². The number of carbonyl (C=O) groups excluding carboxylic acids is 2. The van der Waals surface area contributed by atoms with Gasteiger partial charge in [0.1, 0.15) is 5.60 Å². The third kappa shape index (κ3) is 3.63. The number of nitro groups is 1. The monoisotopic (exact) mass is 347 g/mol. The van der Waals surface area contributed by atoms with E-state index >= 15 is 0 Å². The van der Waals surface area contributed by atoms with Crippen molar-refractivity contribution >= 4 is 17.5 Å². The molecule has 0 aliphatic carbocycles. The number of amides is 2. The molecule has 2 heterocycles. The van der Waals surface area contributed by atoms with Gasteiger partial charge in [-0.2, -0.15) is 0 Å². The molecule has 0 aromatic heterocycles. The van der Waals surface area contributed by atoms with Crippen molar-refractivity contribution in [3.8, 4) is 0 Å². The van der Waals surface area contributed by atoms with Crippen LogP contribution in [0.25, 0.3) is 0 Å². The molecule has 0 radical (unpaired) electrons. The lowest BCUT2D eigenvalue weighted by Gasteiger charge is -2.47. The Kier molecular flexibility index (Phi) is 4.71. The minimum absolute atomic E-state index is 0.00445. The van der Waals surface area contributed by atoms with Gasteiger partial charge in [-0.15, -0.1) is 0 Å². The van der Waals surface area contributed by atoms with E-state index in [4.69, 9.17) is 4.74 Å². The smallest absolute Gasteiger partial charge is 0.270 e. The summed E-state index contributed by atoms with van der Waals surface area (Å²) in [5.74, 6) is -0.240. The summed E-state index contributed by atoms with van der Waals surface area (Å²) in [7, 11) is 0. The lowest BCUT2D eigenvalue weighted by Crippen LogP contribution is -2.61. The number of nitrogens with zero attached hydrogens (tertiary/aromatic N) is 3. The molecule has 1 unspecified atom stereocenters. The molecule has 2 saturated heterocycles. The van der Waals surface area contributed by atoms with Crippen molar-refractivity contribution in [3.63, 3.8) is 0 Å². The van der Waals surface area contributed by atoms with E-state index in [1.165, 1.54) is 25.1 Å².